The van der Waals surface area contributed by atoms with Crippen molar-refractivity contribution < 1.29 is 9.53 Å². The number of likely N-dealkylation sites (tertiary alicyclic amines) is 1. The number of methoxy groups -OCH3 is 1. The molecule has 0 aromatic carbocycles. The lowest BCUT2D eigenvalue weighted by atomic mass is 10.0. The van der Waals surface area contributed by atoms with Gasteiger partial charge in [0, 0.05) is 13.7 Å². The average Bonchev–Trinajstić information content (AvgIpc) is 2.74. The average molecular weight is 229 g/mol. The number of nitrogens with zero attached hydrogens (tertiary/aromatic N) is 1. The molecule has 0 spiro atoms. The van der Waals surface area contributed by atoms with Crippen LogP contribution in [0.5, 0.6) is 0 Å². The molecule has 1 amide bonds. The zero-order valence-electron chi connectivity index (χ0n) is 10.2. The van der Waals surface area contributed by atoms with Crippen LogP contribution in [0.25, 0.3) is 0 Å². The number of ether oxygens (including phenoxy) is 1. The number of hydrogen-bond donors (Lipinski definition) is 2. The predicted molar refractivity (Wildman–Crippen MR) is 62.6 cm³/mol. The molecule has 1 aliphatic heterocycles. The number of nitrogens with one attached hydrogen (secondary N) is 1. The van der Waals surface area contributed by atoms with Gasteiger partial charge < -0.3 is 4.74 Å². The largest absolute Gasteiger partial charge is 0.383 e. The molecule has 0 aromatic heterocycles. The Morgan fingerprint density at radius 2 is 2.44 bits per heavy atom. The van der Waals surface area contributed by atoms with Gasteiger partial charge in [-0.2, -0.15) is 0 Å². The standard InChI is InChI=1S/C11H23N3O2/c1-3-4-9-5-6-14(7-9)10(8-16-2)11(15)13-12/h9-10H,3-8,12H2,1-2H3,(H,13,15). The van der Waals surface area contributed by atoms with Crippen LogP contribution in [0, 0.1) is 5.92 Å². The molecule has 1 saturated heterocycles. The van der Waals surface area contributed by atoms with E-state index < -0.39 is 0 Å². The van der Waals surface area contributed by atoms with Gasteiger partial charge in [-0.05, 0) is 25.3 Å². The summed E-state index contributed by atoms with van der Waals surface area (Å²) in [5.41, 5.74) is 2.21. The zero-order chi connectivity index (χ0) is 12.0. The highest BCUT2D eigenvalue weighted by atomic mass is 16.5. The van der Waals surface area contributed by atoms with Crippen molar-refractivity contribution in [3.05, 3.63) is 0 Å². The van der Waals surface area contributed by atoms with Crippen molar-refractivity contribution in [3.63, 3.8) is 0 Å². The second kappa shape index (κ2) is 6.83. The van der Waals surface area contributed by atoms with Gasteiger partial charge in [-0.15, -0.1) is 0 Å². The normalized spacial score (nSPS) is 23.3. The van der Waals surface area contributed by atoms with Crippen molar-refractivity contribution in [3.8, 4) is 0 Å². The number of carbonyl (C=O) groups excluding carboxylic acids is 1. The summed E-state index contributed by atoms with van der Waals surface area (Å²) in [6.07, 6.45) is 3.61. The van der Waals surface area contributed by atoms with Crippen molar-refractivity contribution in [2.45, 2.75) is 32.2 Å². The minimum atomic E-state index is -0.239. The van der Waals surface area contributed by atoms with Crippen molar-refractivity contribution in [1.82, 2.24) is 10.3 Å². The summed E-state index contributed by atoms with van der Waals surface area (Å²) >= 11 is 0. The van der Waals surface area contributed by atoms with Crippen LogP contribution in [-0.2, 0) is 9.53 Å². The van der Waals surface area contributed by atoms with Crippen LogP contribution in [0.3, 0.4) is 0 Å². The summed E-state index contributed by atoms with van der Waals surface area (Å²) in [5, 5.41) is 0. The summed E-state index contributed by atoms with van der Waals surface area (Å²) in [5.74, 6) is 5.75. The van der Waals surface area contributed by atoms with Gasteiger partial charge in [-0.1, -0.05) is 13.3 Å². The maximum atomic E-state index is 11.6. The molecule has 5 nitrogen and oxygen atoms in total. The Labute approximate surface area is 97.3 Å². The van der Waals surface area contributed by atoms with E-state index in [-0.39, 0.29) is 11.9 Å². The first kappa shape index (κ1) is 13.4. The molecular formula is C11H23N3O2. The van der Waals surface area contributed by atoms with Crippen LogP contribution in [0.2, 0.25) is 0 Å². The molecule has 0 aromatic rings. The highest BCUT2D eigenvalue weighted by Gasteiger charge is 2.31. The molecule has 1 rings (SSSR count). The first-order chi connectivity index (χ1) is 7.72. The molecule has 16 heavy (non-hydrogen) atoms. The third-order valence-electron chi connectivity index (χ3n) is 3.22. The topological polar surface area (TPSA) is 67.6 Å². The van der Waals surface area contributed by atoms with E-state index in [1.165, 1.54) is 19.3 Å². The minimum Gasteiger partial charge on any atom is -0.383 e. The van der Waals surface area contributed by atoms with Crippen molar-refractivity contribution in [2.75, 3.05) is 26.8 Å². The molecule has 94 valence electrons. The van der Waals surface area contributed by atoms with E-state index in [1.54, 1.807) is 7.11 Å². The Morgan fingerprint density at radius 3 is 3.00 bits per heavy atom. The second-order valence-electron chi connectivity index (χ2n) is 4.42. The fourth-order valence-corrected chi connectivity index (χ4v) is 2.39. The van der Waals surface area contributed by atoms with Crippen molar-refractivity contribution in [2.24, 2.45) is 11.8 Å². The number of nitrogens with two attached hydrogens (primary N) is 1. The SMILES string of the molecule is CCCC1CCN(C(COC)C(=O)NN)C1. The van der Waals surface area contributed by atoms with Crippen LogP contribution >= 0.6 is 0 Å². The Balaban J connectivity index is 2.49. The lowest BCUT2D eigenvalue weighted by molar-refractivity contribution is -0.128. The van der Waals surface area contributed by atoms with Gasteiger partial charge in [0.15, 0.2) is 0 Å². The molecule has 1 fully saturated rings. The summed E-state index contributed by atoms with van der Waals surface area (Å²) in [6.45, 7) is 4.55. The lowest BCUT2D eigenvalue weighted by Crippen LogP contribution is -2.50. The van der Waals surface area contributed by atoms with Gasteiger partial charge in [0.1, 0.15) is 6.04 Å². The van der Waals surface area contributed by atoms with Crippen LogP contribution in [0.4, 0.5) is 0 Å². The van der Waals surface area contributed by atoms with E-state index >= 15 is 0 Å². The first-order valence-corrected chi connectivity index (χ1v) is 5.96. The van der Waals surface area contributed by atoms with Crippen LogP contribution in [-0.4, -0.2) is 43.7 Å². The smallest absolute Gasteiger partial charge is 0.253 e. The third kappa shape index (κ3) is 3.43. The highest BCUT2D eigenvalue weighted by Crippen LogP contribution is 2.22. The van der Waals surface area contributed by atoms with Gasteiger partial charge in [0.05, 0.1) is 6.61 Å². The first-order valence-electron chi connectivity index (χ1n) is 5.96. The molecule has 0 aliphatic carbocycles. The molecule has 3 N–H and O–H groups in total. The molecule has 2 atom stereocenters. The Morgan fingerprint density at radius 1 is 1.69 bits per heavy atom. The third-order valence-corrected chi connectivity index (χ3v) is 3.22. The fraction of sp³-hybridized carbons (Fsp3) is 0.909. The molecule has 1 heterocycles. The highest BCUT2D eigenvalue weighted by molar-refractivity contribution is 5.81. The van der Waals surface area contributed by atoms with Crippen LogP contribution in [0.15, 0.2) is 0 Å². The molecule has 0 bridgehead atoms. The maximum absolute atomic E-state index is 11.6. The van der Waals surface area contributed by atoms with Gasteiger partial charge in [0.25, 0.3) is 5.91 Å². The zero-order valence-corrected chi connectivity index (χ0v) is 10.2. The van der Waals surface area contributed by atoms with E-state index in [0.717, 1.165) is 19.0 Å². The van der Waals surface area contributed by atoms with E-state index in [0.29, 0.717) is 6.61 Å². The number of carbonyl (C=O) groups is 1. The number of rotatable bonds is 6. The molecule has 0 radical (unpaired) electrons. The molecule has 1 aliphatic rings. The van der Waals surface area contributed by atoms with E-state index in [2.05, 4.69) is 17.2 Å². The summed E-state index contributed by atoms with van der Waals surface area (Å²) in [7, 11) is 1.61. The van der Waals surface area contributed by atoms with Gasteiger partial charge in [-0.3, -0.25) is 15.1 Å². The number of hydrazine groups is 1. The second-order valence-corrected chi connectivity index (χ2v) is 4.42. The predicted octanol–water partition coefficient (Wildman–Crippen LogP) is 0.113. The Kier molecular flexibility index (Phi) is 5.73. The fourth-order valence-electron chi connectivity index (χ4n) is 2.39. The van der Waals surface area contributed by atoms with E-state index in [4.69, 9.17) is 10.6 Å². The maximum Gasteiger partial charge on any atom is 0.253 e. The van der Waals surface area contributed by atoms with E-state index in [1.807, 2.05) is 0 Å². The Hall–Kier alpha value is -0.650. The Bertz CT molecular complexity index is 223. The van der Waals surface area contributed by atoms with Crippen molar-refractivity contribution >= 4 is 5.91 Å². The quantitative estimate of drug-likeness (QED) is 0.385. The summed E-state index contributed by atoms with van der Waals surface area (Å²) in [4.78, 5) is 13.8. The lowest BCUT2D eigenvalue weighted by Gasteiger charge is -2.25. The summed E-state index contributed by atoms with van der Waals surface area (Å²) < 4.78 is 5.08. The van der Waals surface area contributed by atoms with Gasteiger partial charge in [0.2, 0.25) is 0 Å². The molecule has 2 unspecified atom stereocenters. The van der Waals surface area contributed by atoms with Gasteiger partial charge in [-0.25, -0.2) is 5.84 Å². The molecule has 0 saturated carbocycles. The summed E-state index contributed by atoms with van der Waals surface area (Å²) in [6, 6.07) is -0.239. The minimum absolute atomic E-state index is 0.154. The van der Waals surface area contributed by atoms with Crippen LogP contribution < -0.4 is 11.3 Å². The van der Waals surface area contributed by atoms with E-state index in [9.17, 15) is 4.79 Å². The number of hydrogen-bond acceptors (Lipinski definition) is 4. The number of amides is 1. The monoisotopic (exact) mass is 229 g/mol. The molecular weight excluding hydrogens is 206 g/mol. The van der Waals surface area contributed by atoms with Crippen LogP contribution in [0.1, 0.15) is 26.2 Å². The van der Waals surface area contributed by atoms with Gasteiger partial charge >= 0.3 is 0 Å². The molecule has 5 heteroatoms. The van der Waals surface area contributed by atoms with Crippen molar-refractivity contribution in [1.29, 1.82) is 0 Å².